The third kappa shape index (κ3) is 2.71. The number of aromatic amines is 2. The van der Waals surface area contributed by atoms with Crippen LogP contribution in [-0.4, -0.2) is 15.9 Å². The lowest BCUT2D eigenvalue weighted by Gasteiger charge is -2.09. The average molecular weight is 276 g/mol. The molecule has 1 amide bonds. The molecule has 0 radical (unpaired) electrons. The Balaban J connectivity index is 2.39. The Morgan fingerprint density at radius 1 is 1.32 bits per heavy atom. The zero-order chi connectivity index (χ0) is 14.0. The number of H-pyrrole nitrogens is 2. The van der Waals surface area contributed by atoms with E-state index >= 15 is 0 Å². The van der Waals surface area contributed by atoms with Crippen LogP contribution in [0, 0.1) is 11.6 Å². The normalized spacial score (nSPS) is 10.2. The number of carbonyl (C=O) groups excluding carboxylic acids is 1. The molecule has 0 spiro atoms. The number of anilines is 2. The van der Waals surface area contributed by atoms with E-state index in [1.165, 1.54) is 0 Å². The van der Waals surface area contributed by atoms with Gasteiger partial charge in [-0.2, -0.15) is 0 Å². The van der Waals surface area contributed by atoms with Gasteiger partial charge in [0.15, 0.2) is 0 Å². The van der Waals surface area contributed by atoms with Crippen LogP contribution in [0.15, 0.2) is 29.1 Å². The summed E-state index contributed by atoms with van der Waals surface area (Å²) in [6.45, 7) is 1.61. The van der Waals surface area contributed by atoms with Crippen molar-refractivity contribution in [2.45, 2.75) is 6.92 Å². The maximum absolute atomic E-state index is 12.1. The van der Waals surface area contributed by atoms with Gasteiger partial charge in [-0.1, -0.05) is 24.4 Å². The lowest BCUT2D eigenvalue weighted by molar-refractivity contribution is 0.102. The highest BCUT2D eigenvalue weighted by molar-refractivity contribution is 7.71. The lowest BCUT2D eigenvalue weighted by Crippen LogP contribution is -2.21. The molecule has 5 N–H and O–H groups in total. The van der Waals surface area contributed by atoms with E-state index in [1.807, 2.05) is 0 Å². The first-order chi connectivity index (χ1) is 8.99. The summed E-state index contributed by atoms with van der Waals surface area (Å²) in [7, 11) is 0. The number of hydrogen-bond donors (Lipinski definition) is 4. The van der Waals surface area contributed by atoms with E-state index in [4.69, 9.17) is 18.0 Å². The van der Waals surface area contributed by atoms with E-state index in [1.54, 1.807) is 31.2 Å². The zero-order valence-corrected chi connectivity index (χ0v) is 10.9. The molecule has 1 aromatic heterocycles. The van der Waals surface area contributed by atoms with E-state index in [-0.39, 0.29) is 10.2 Å². The average Bonchev–Trinajstić information content (AvgIpc) is 2.30. The van der Waals surface area contributed by atoms with Crippen LogP contribution in [0.1, 0.15) is 16.1 Å². The summed E-state index contributed by atoms with van der Waals surface area (Å²) in [5.74, 6) is -0.423. The zero-order valence-electron chi connectivity index (χ0n) is 10.1. The third-order valence-corrected chi connectivity index (χ3v) is 2.87. The molecule has 0 unspecified atom stereocenters. The van der Waals surface area contributed by atoms with Crippen molar-refractivity contribution in [3.8, 4) is 0 Å². The van der Waals surface area contributed by atoms with E-state index in [2.05, 4.69) is 15.3 Å². The van der Waals surface area contributed by atoms with Gasteiger partial charge in [0.05, 0.1) is 16.9 Å². The Labute approximate surface area is 113 Å². The molecule has 0 aliphatic carbocycles. The fraction of sp³-hybridized carbons (Fsp3) is 0.0833. The summed E-state index contributed by atoms with van der Waals surface area (Å²) in [4.78, 5) is 28.2. The van der Waals surface area contributed by atoms with Crippen LogP contribution >= 0.6 is 12.2 Å². The van der Waals surface area contributed by atoms with Gasteiger partial charge in [0.2, 0.25) is 0 Å². The number of benzene rings is 1. The second kappa shape index (κ2) is 5.07. The van der Waals surface area contributed by atoms with Crippen molar-refractivity contribution in [1.82, 2.24) is 9.97 Å². The van der Waals surface area contributed by atoms with Crippen molar-refractivity contribution in [1.29, 1.82) is 0 Å². The Morgan fingerprint density at radius 3 is 2.63 bits per heavy atom. The molecular formula is C12H12N4O2S. The second-order valence-electron chi connectivity index (χ2n) is 3.95. The number of rotatable bonds is 2. The summed E-state index contributed by atoms with van der Waals surface area (Å²) >= 11 is 4.98. The van der Waals surface area contributed by atoms with Gasteiger partial charge in [-0.25, -0.2) is 4.79 Å². The van der Waals surface area contributed by atoms with Crippen molar-refractivity contribution in [3.63, 3.8) is 0 Å². The van der Waals surface area contributed by atoms with E-state index < -0.39 is 11.6 Å². The molecular weight excluding hydrogens is 264 g/mol. The number of nitrogen functional groups attached to an aromatic ring is 1. The van der Waals surface area contributed by atoms with Crippen molar-refractivity contribution in [2.24, 2.45) is 0 Å². The molecule has 6 nitrogen and oxygen atoms in total. The Morgan fingerprint density at radius 2 is 2.00 bits per heavy atom. The second-order valence-corrected chi connectivity index (χ2v) is 4.36. The van der Waals surface area contributed by atoms with E-state index in [0.29, 0.717) is 17.1 Å². The fourth-order valence-electron chi connectivity index (χ4n) is 1.67. The van der Waals surface area contributed by atoms with E-state index in [0.717, 1.165) is 0 Å². The number of aryl methyl sites for hydroxylation is 1. The molecule has 0 saturated heterocycles. The molecule has 0 bridgehead atoms. The van der Waals surface area contributed by atoms with Crippen LogP contribution in [-0.2, 0) is 0 Å². The van der Waals surface area contributed by atoms with Crippen LogP contribution in [0.3, 0.4) is 0 Å². The molecule has 98 valence electrons. The summed E-state index contributed by atoms with van der Waals surface area (Å²) in [5, 5.41) is 2.65. The standard InChI is InChI=1S/C12H12N4O2S/c1-6-9(11(19)16-12(18)14-6)10(17)15-8-5-3-2-4-7(8)13/h2-5H,13H2,1H3,(H,15,17)(H2,14,16,18,19). The molecule has 0 saturated carbocycles. The fourth-order valence-corrected chi connectivity index (χ4v) is 2.01. The molecule has 0 aliphatic heterocycles. The van der Waals surface area contributed by atoms with Crippen LogP contribution in [0.25, 0.3) is 0 Å². The van der Waals surface area contributed by atoms with Gasteiger partial charge in [-0.05, 0) is 19.1 Å². The van der Waals surface area contributed by atoms with Gasteiger partial charge >= 0.3 is 5.69 Å². The highest BCUT2D eigenvalue weighted by Crippen LogP contribution is 2.18. The van der Waals surface area contributed by atoms with Gasteiger partial charge in [-0.15, -0.1) is 0 Å². The van der Waals surface area contributed by atoms with Crippen LogP contribution < -0.4 is 16.7 Å². The smallest absolute Gasteiger partial charge is 0.324 e. The molecule has 2 aromatic rings. The van der Waals surface area contributed by atoms with Crippen LogP contribution in [0.5, 0.6) is 0 Å². The minimum atomic E-state index is -0.446. The van der Waals surface area contributed by atoms with Crippen molar-refractivity contribution < 1.29 is 4.79 Å². The van der Waals surface area contributed by atoms with Gasteiger partial charge < -0.3 is 16.0 Å². The molecule has 1 heterocycles. The SMILES string of the molecule is Cc1[nH]c(=O)[nH]c(=S)c1C(=O)Nc1ccccc1N. The first kappa shape index (κ1) is 13.0. The molecule has 19 heavy (non-hydrogen) atoms. The number of amides is 1. The maximum atomic E-state index is 12.1. The lowest BCUT2D eigenvalue weighted by atomic mass is 10.2. The highest BCUT2D eigenvalue weighted by atomic mass is 32.1. The number of hydrogen-bond acceptors (Lipinski definition) is 4. The number of nitrogens with two attached hydrogens (primary N) is 1. The molecule has 0 fully saturated rings. The predicted octanol–water partition coefficient (Wildman–Crippen LogP) is 1.58. The first-order valence-corrected chi connectivity index (χ1v) is 5.89. The quantitative estimate of drug-likeness (QED) is 0.493. The molecule has 0 aliphatic rings. The summed E-state index contributed by atoms with van der Waals surface area (Å²) in [6, 6.07) is 6.88. The topological polar surface area (TPSA) is 104 Å². The van der Waals surface area contributed by atoms with Gasteiger partial charge in [0.1, 0.15) is 4.64 Å². The Hall–Kier alpha value is -2.41. The molecule has 2 rings (SSSR count). The monoisotopic (exact) mass is 276 g/mol. The minimum Gasteiger partial charge on any atom is -0.397 e. The van der Waals surface area contributed by atoms with Crippen molar-refractivity contribution >= 4 is 29.5 Å². The number of nitrogens with one attached hydrogen (secondary N) is 3. The van der Waals surface area contributed by atoms with Gasteiger partial charge in [-0.3, -0.25) is 9.78 Å². The number of carbonyl (C=O) groups is 1. The maximum Gasteiger partial charge on any atom is 0.324 e. The predicted molar refractivity (Wildman–Crippen MR) is 75.8 cm³/mol. The molecule has 1 aromatic carbocycles. The minimum absolute atomic E-state index is 0.0910. The van der Waals surface area contributed by atoms with Crippen molar-refractivity contribution in [2.75, 3.05) is 11.1 Å². The Bertz CT molecular complexity index is 748. The Kier molecular flexibility index (Phi) is 3.48. The highest BCUT2D eigenvalue weighted by Gasteiger charge is 2.13. The largest absolute Gasteiger partial charge is 0.397 e. The molecule has 0 atom stereocenters. The first-order valence-electron chi connectivity index (χ1n) is 5.48. The number of para-hydroxylation sites is 2. The summed E-state index contributed by atoms with van der Waals surface area (Å²) in [5.41, 5.74) is 6.86. The van der Waals surface area contributed by atoms with Crippen LogP contribution in [0.2, 0.25) is 0 Å². The van der Waals surface area contributed by atoms with Crippen molar-refractivity contribution in [3.05, 3.63) is 50.6 Å². The summed E-state index contributed by atoms with van der Waals surface area (Å²) < 4.78 is 0.0910. The number of aromatic nitrogens is 2. The van der Waals surface area contributed by atoms with Gasteiger partial charge in [0, 0.05) is 5.69 Å². The molecule has 7 heteroatoms. The van der Waals surface area contributed by atoms with Gasteiger partial charge in [0.25, 0.3) is 5.91 Å². The van der Waals surface area contributed by atoms with E-state index in [9.17, 15) is 9.59 Å². The third-order valence-electron chi connectivity index (χ3n) is 2.57. The summed E-state index contributed by atoms with van der Waals surface area (Å²) in [6.07, 6.45) is 0. The van der Waals surface area contributed by atoms with Crippen LogP contribution in [0.4, 0.5) is 11.4 Å².